The number of hydrogen-bond acceptors (Lipinski definition) is 4. The van der Waals surface area contributed by atoms with Crippen molar-refractivity contribution >= 4 is 21.6 Å². The number of pyridine rings is 1. The summed E-state index contributed by atoms with van der Waals surface area (Å²) in [4.78, 5) is 15.4. The first kappa shape index (κ1) is 15.1. The minimum Gasteiger partial charge on any atom is -0.326 e. The van der Waals surface area contributed by atoms with E-state index >= 15 is 0 Å². The Morgan fingerprint density at radius 2 is 2.05 bits per heavy atom. The predicted octanol–water partition coefficient (Wildman–Crippen LogP) is 1.05. The summed E-state index contributed by atoms with van der Waals surface area (Å²) in [6.07, 6.45) is 1.53. The van der Waals surface area contributed by atoms with E-state index in [1.807, 2.05) is 0 Å². The van der Waals surface area contributed by atoms with E-state index in [2.05, 4.69) is 10.3 Å². The van der Waals surface area contributed by atoms with E-state index in [1.165, 1.54) is 0 Å². The van der Waals surface area contributed by atoms with Gasteiger partial charge in [-0.15, -0.1) is 0 Å². The number of primary sulfonamides is 1. The highest BCUT2D eigenvalue weighted by Gasteiger charge is 2.12. The van der Waals surface area contributed by atoms with E-state index in [1.54, 1.807) is 24.4 Å². The maximum Gasteiger partial charge on any atom is 0.238 e. The molecule has 0 aliphatic carbocycles. The van der Waals surface area contributed by atoms with Crippen LogP contribution in [0.1, 0.15) is 5.69 Å². The Kier molecular flexibility index (Phi) is 4.29. The van der Waals surface area contributed by atoms with Crippen molar-refractivity contribution in [3.8, 4) is 0 Å². The summed E-state index contributed by atoms with van der Waals surface area (Å²) in [6.45, 7) is 0. The fourth-order valence-corrected chi connectivity index (χ4v) is 2.24. The number of rotatable bonds is 4. The van der Waals surface area contributed by atoms with E-state index in [-0.39, 0.29) is 12.1 Å². The molecule has 110 valence electrons. The molecule has 1 aromatic carbocycles. The molecule has 2 rings (SSSR count). The van der Waals surface area contributed by atoms with Crippen molar-refractivity contribution in [2.45, 2.75) is 11.3 Å². The largest absolute Gasteiger partial charge is 0.326 e. The van der Waals surface area contributed by atoms with Crippen molar-refractivity contribution in [2.75, 3.05) is 5.32 Å². The third kappa shape index (κ3) is 4.33. The van der Waals surface area contributed by atoms with Crippen molar-refractivity contribution in [2.24, 2.45) is 5.14 Å². The van der Waals surface area contributed by atoms with Crippen LogP contribution in [0.25, 0.3) is 0 Å². The minimum atomic E-state index is -4.05. The van der Waals surface area contributed by atoms with E-state index < -0.39 is 26.6 Å². The van der Waals surface area contributed by atoms with Gasteiger partial charge in [0, 0.05) is 17.6 Å². The van der Waals surface area contributed by atoms with Crippen LogP contribution in [0.15, 0.2) is 47.5 Å². The maximum absolute atomic E-state index is 13.4. The zero-order chi connectivity index (χ0) is 15.5. The second-order valence-electron chi connectivity index (χ2n) is 4.27. The zero-order valence-corrected chi connectivity index (χ0v) is 11.6. The Bertz CT molecular complexity index is 763. The molecule has 8 heteroatoms. The Morgan fingerprint density at radius 3 is 2.67 bits per heavy atom. The summed E-state index contributed by atoms with van der Waals surface area (Å²) in [5, 5.41) is 7.34. The van der Waals surface area contributed by atoms with Crippen LogP contribution >= 0.6 is 0 Å². The molecule has 0 spiro atoms. The van der Waals surface area contributed by atoms with Gasteiger partial charge in [0.2, 0.25) is 15.9 Å². The van der Waals surface area contributed by atoms with Crippen LogP contribution in [0.3, 0.4) is 0 Å². The standard InChI is InChI=1S/C13H12FN3O3S/c14-9-5-11(7-12(6-9)21(15,19)20)17-13(18)8-10-3-1-2-4-16-10/h1-7H,8H2,(H,17,18)(H2,15,19,20). The normalized spacial score (nSPS) is 11.1. The molecule has 0 bridgehead atoms. The quantitative estimate of drug-likeness (QED) is 0.881. The van der Waals surface area contributed by atoms with Crippen LogP contribution in [0.5, 0.6) is 0 Å². The lowest BCUT2D eigenvalue weighted by atomic mass is 10.2. The number of anilines is 1. The van der Waals surface area contributed by atoms with Gasteiger partial charge in [-0.05, 0) is 30.3 Å². The lowest BCUT2D eigenvalue weighted by molar-refractivity contribution is -0.115. The average molecular weight is 309 g/mol. The molecule has 0 radical (unpaired) electrons. The molecular formula is C13H12FN3O3S. The lowest BCUT2D eigenvalue weighted by Crippen LogP contribution is -2.17. The van der Waals surface area contributed by atoms with Crippen LogP contribution in [0.4, 0.5) is 10.1 Å². The maximum atomic E-state index is 13.4. The van der Waals surface area contributed by atoms with Crippen molar-refractivity contribution in [3.05, 3.63) is 54.1 Å². The number of nitrogens with one attached hydrogen (secondary N) is 1. The highest BCUT2D eigenvalue weighted by atomic mass is 32.2. The van der Waals surface area contributed by atoms with Crippen LogP contribution < -0.4 is 10.5 Å². The van der Waals surface area contributed by atoms with Gasteiger partial charge in [-0.25, -0.2) is 17.9 Å². The first-order valence-corrected chi connectivity index (χ1v) is 7.42. The highest BCUT2D eigenvalue weighted by molar-refractivity contribution is 7.89. The van der Waals surface area contributed by atoms with Gasteiger partial charge in [0.1, 0.15) is 5.82 Å². The SMILES string of the molecule is NS(=O)(=O)c1cc(F)cc(NC(=O)Cc2ccccn2)c1. The topological polar surface area (TPSA) is 102 Å². The number of carbonyl (C=O) groups excluding carboxylic acids is 1. The van der Waals surface area contributed by atoms with Gasteiger partial charge < -0.3 is 5.32 Å². The second kappa shape index (κ2) is 5.98. The molecule has 2 aromatic rings. The first-order chi connectivity index (χ1) is 9.84. The molecule has 0 unspecified atom stereocenters. The third-order valence-corrected chi connectivity index (χ3v) is 3.44. The van der Waals surface area contributed by atoms with Gasteiger partial charge >= 0.3 is 0 Å². The number of nitrogens with zero attached hydrogens (tertiary/aromatic N) is 1. The number of amides is 1. The lowest BCUT2D eigenvalue weighted by Gasteiger charge is -2.07. The number of hydrogen-bond donors (Lipinski definition) is 2. The third-order valence-electron chi connectivity index (χ3n) is 2.55. The van der Waals surface area contributed by atoms with E-state index in [4.69, 9.17) is 5.14 Å². The Labute approximate surface area is 120 Å². The van der Waals surface area contributed by atoms with Gasteiger partial charge in [-0.3, -0.25) is 9.78 Å². The predicted molar refractivity (Wildman–Crippen MR) is 74.3 cm³/mol. The van der Waals surface area contributed by atoms with Crippen molar-refractivity contribution < 1.29 is 17.6 Å². The molecule has 1 heterocycles. The number of sulfonamides is 1. The van der Waals surface area contributed by atoms with Crippen molar-refractivity contribution in [1.29, 1.82) is 0 Å². The molecule has 0 aliphatic heterocycles. The molecule has 0 fully saturated rings. The molecule has 21 heavy (non-hydrogen) atoms. The zero-order valence-electron chi connectivity index (χ0n) is 10.8. The number of aromatic nitrogens is 1. The Balaban J connectivity index is 2.16. The van der Waals surface area contributed by atoms with Gasteiger partial charge in [0.05, 0.1) is 11.3 Å². The van der Waals surface area contributed by atoms with Crippen molar-refractivity contribution in [3.63, 3.8) is 0 Å². The van der Waals surface area contributed by atoms with Gasteiger partial charge in [0.15, 0.2) is 0 Å². The molecule has 3 N–H and O–H groups in total. The van der Waals surface area contributed by atoms with Crippen LogP contribution in [-0.2, 0) is 21.2 Å². The summed E-state index contributed by atoms with van der Waals surface area (Å²) < 4.78 is 35.8. The van der Waals surface area contributed by atoms with E-state index in [9.17, 15) is 17.6 Å². The van der Waals surface area contributed by atoms with Gasteiger partial charge in [-0.1, -0.05) is 6.07 Å². The summed E-state index contributed by atoms with van der Waals surface area (Å²) in [6, 6.07) is 7.99. The van der Waals surface area contributed by atoms with Gasteiger partial charge in [0.25, 0.3) is 0 Å². The molecule has 0 atom stereocenters. The number of carbonyl (C=O) groups is 1. The second-order valence-corrected chi connectivity index (χ2v) is 5.83. The average Bonchev–Trinajstić information content (AvgIpc) is 2.37. The number of nitrogens with two attached hydrogens (primary N) is 1. The smallest absolute Gasteiger partial charge is 0.238 e. The number of halogens is 1. The summed E-state index contributed by atoms with van der Waals surface area (Å²) in [7, 11) is -4.05. The summed E-state index contributed by atoms with van der Waals surface area (Å²) >= 11 is 0. The molecular weight excluding hydrogens is 297 g/mol. The summed E-state index contributed by atoms with van der Waals surface area (Å²) in [5.41, 5.74) is 0.554. The van der Waals surface area contributed by atoms with E-state index in [0.717, 1.165) is 18.2 Å². The molecule has 6 nitrogen and oxygen atoms in total. The molecule has 1 amide bonds. The minimum absolute atomic E-state index is 0.0118. The Hall–Kier alpha value is -2.32. The van der Waals surface area contributed by atoms with Crippen molar-refractivity contribution in [1.82, 2.24) is 4.98 Å². The van der Waals surface area contributed by atoms with E-state index in [0.29, 0.717) is 5.69 Å². The van der Waals surface area contributed by atoms with Gasteiger partial charge in [-0.2, -0.15) is 0 Å². The molecule has 0 aliphatic rings. The summed E-state index contributed by atoms with van der Waals surface area (Å²) in [5.74, 6) is -1.26. The van der Waals surface area contributed by atoms with Crippen LogP contribution in [-0.4, -0.2) is 19.3 Å². The fourth-order valence-electron chi connectivity index (χ4n) is 1.67. The highest BCUT2D eigenvalue weighted by Crippen LogP contribution is 2.17. The monoisotopic (exact) mass is 309 g/mol. The molecule has 0 saturated carbocycles. The molecule has 0 saturated heterocycles. The fraction of sp³-hybridized carbons (Fsp3) is 0.0769. The van der Waals surface area contributed by atoms with Crippen LogP contribution in [0.2, 0.25) is 0 Å². The first-order valence-electron chi connectivity index (χ1n) is 5.88. The van der Waals surface area contributed by atoms with Crippen LogP contribution in [0, 0.1) is 5.82 Å². The molecule has 1 aromatic heterocycles. The Morgan fingerprint density at radius 1 is 1.29 bits per heavy atom. The number of benzene rings is 1.